The van der Waals surface area contributed by atoms with Crippen LogP contribution in [0.2, 0.25) is 0 Å². The molecule has 1 radical (unpaired) electrons. The second kappa shape index (κ2) is 3.54. The molecule has 0 spiro atoms. The van der Waals surface area contributed by atoms with Crippen LogP contribution in [0.1, 0.15) is 15.2 Å². The van der Waals surface area contributed by atoms with Gasteiger partial charge in [-0.05, 0) is 17.5 Å². The van der Waals surface area contributed by atoms with Gasteiger partial charge in [0.15, 0.2) is 0 Å². The number of carbonyl (C=O) groups excluding carboxylic acids is 1. The van der Waals surface area contributed by atoms with Gasteiger partial charge in [0.25, 0.3) is 0 Å². The predicted octanol–water partition coefficient (Wildman–Crippen LogP) is 2.78. The summed E-state index contributed by atoms with van der Waals surface area (Å²) in [6.07, 6.45) is 0. The molecular weight excluding hydrogens is 180 g/mol. The Morgan fingerprint density at radius 1 is 1.23 bits per heavy atom. The summed E-state index contributed by atoms with van der Waals surface area (Å²) in [4.78, 5) is 12.5. The fourth-order valence-electron chi connectivity index (χ4n) is 1.09. The molecule has 0 saturated heterocycles. The van der Waals surface area contributed by atoms with Crippen LogP contribution in [0.5, 0.6) is 0 Å². The van der Waals surface area contributed by atoms with E-state index in [4.69, 9.17) is 0 Å². The third-order valence-corrected chi connectivity index (χ3v) is 2.59. The van der Waals surface area contributed by atoms with E-state index in [1.54, 1.807) is 24.3 Å². The first-order valence-corrected chi connectivity index (χ1v) is 4.80. The third kappa shape index (κ3) is 1.68. The summed E-state index contributed by atoms with van der Waals surface area (Å²) in [6.45, 7) is 0. The van der Waals surface area contributed by atoms with E-state index < -0.39 is 0 Å². The fraction of sp³-hybridized carbons (Fsp3) is 0. The van der Waals surface area contributed by atoms with E-state index in [0.717, 1.165) is 10.4 Å². The molecule has 2 rings (SSSR count). The van der Waals surface area contributed by atoms with E-state index in [2.05, 4.69) is 6.07 Å². The van der Waals surface area contributed by atoms with Gasteiger partial charge in [-0.3, -0.25) is 4.79 Å². The Balaban J connectivity index is 2.34. The molecule has 1 aromatic carbocycles. The van der Waals surface area contributed by atoms with Crippen LogP contribution in [0.3, 0.4) is 0 Å². The second-order valence-electron chi connectivity index (χ2n) is 2.60. The molecule has 0 fully saturated rings. The van der Waals surface area contributed by atoms with Gasteiger partial charge in [0, 0.05) is 5.56 Å². The molecule has 2 aromatic rings. The monoisotopic (exact) mass is 187 g/mol. The lowest BCUT2D eigenvalue weighted by molar-refractivity contribution is 0.104. The predicted molar refractivity (Wildman–Crippen MR) is 53.0 cm³/mol. The van der Waals surface area contributed by atoms with Crippen molar-refractivity contribution in [2.75, 3.05) is 0 Å². The standard InChI is InChI=1S/C11H7OS/c12-11(10-7-4-8-13-10)9-5-2-1-3-6-9/h2-8H. The molecule has 0 atom stereocenters. The van der Waals surface area contributed by atoms with E-state index in [-0.39, 0.29) is 5.78 Å². The smallest absolute Gasteiger partial charge is 0.202 e. The van der Waals surface area contributed by atoms with Crippen molar-refractivity contribution in [2.45, 2.75) is 0 Å². The van der Waals surface area contributed by atoms with Crippen LogP contribution in [-0.2, 0) is 0 Å². The molecule has 0 aliphatic carbocycles. The molecule has 0 aliphatic rings. The largest absolute Gasteiger partial charge is 0.288 e. The Morgan fingerprint density at radius 3 is 2.62 bits per heavy atom. The van der Waals surface area contributed by atoms with E-state index in [1.165, 1.54) is 11.3 Å². The maximum Gasteiger partial charge on any atom is 0.202 e. The first kappa shape index (κ1) is 8.20. The number of hydrogen-bond donors (Lipinski definition) is 0. The number of ketones is 1. The minimum absolute atomic E-state index is 0.0870. The van der Waals surface area contributed by atoms with Crippen molar-refractivity contribution in [3.05, 3.63) is 58.3 Å². The number of thiophene rings is 1. The highest BCUT2D eigenvalue weighted by Gasteiger charge is 2.07. The van der Waals surface area contributed by atoms with Crippen molar-refractivity contribution in [1.29, 1.82) is 0 Å². The molecule has 13 heavy (non-hydrogen) atoms. The minimum atomic E-state index is 0.0870. The van der Waals surface area contributed by atoms with Crippen molar-refractivity contribution in [3.8, 4) is 0 Å². The van der Waals surface area contributed by atoms with Crippen LogP contribution in [0, 0.1) is 6.07 Å². The molecule has 0 N–H and O–H groups in total. The zero-order valence-corrected chi connectivity index (χ0v) is 7.67. The highest BCUT2D eigenvalue weighted by Crippen LogP contribution is 2.14. The van der Waals surface area contributed by atoms with E-state index in [1.807, 2.05) is 17.5 Å². The average molecular weight is 187 g/mol. The number of rotatable bonds is 2. The van der Waals surface area contributed by atoms with Crippen LogP contribution in [0.15, 0.2) is 41.8 Å². The Kier molecular flexibility index (Phi) is 2.23. The van der Waals surface area contributed by atoms with Gasteiger partial charge in [-0.25, -0.2) is 0 Å². The lowest BCUT2D eigenvalue weighted by atomic mass is 10.1. The molecular formula is C11H7OS. The molecule has 1 heterocycles. The van der Waals surface area contributed by atoms with Crippen molar-refractivity contribution in [2.24, 2.45) is 0 Å². The van der Waals surface area contributed by atoms with E-state index in [0.29, 0.717) is 0 Å². The van der Waals surface area contributed by atoms with Gasteiger partial charge in [-0.1, -0.05) is 30.3 Å². The first-order chi connectivity index (χ1) is 6.38. The summed E-state index contributed by atoms with van der Waals surface area (Å²) in [5, 5.41) is 1.91. The van der Waals surface area contributed by atoms with Crippen LogP contribution >= 0.6 is 11.3 Å². The van der Waals surface area contributed by atoms with Crippen LogP contribution in [0.4, 0.5) is 0 Å². The molecule has 0 bridgehead atoms. The van der Waals surface area contributed by atoms with Crippen LogP contribution < -0.4 is 0 Å². The summed E-state index contributed by atoms with van der Waals surface area (Å²) in [5.41, 5.74) is 0.723. The highest BCUT2D eigenvalue weighted by molar-refractivity contribution is 7.12. The lowest BCUT2D eigenvalue weighted by Gasteiger charge is -1.95. The van der Waals surface area contributed by atoms with Crippen LogP contribution in [-0.4, -0.2) is 5.78 Å². The normalized spacial score (nSPS) is 9.85. The molecule has 0 saturated carbocycles. The summed E-state index contributed by atoms with van der Waals surface area (Å²) < 4.78 is 0. The summed E-state index contributed by atoms with van der Waals surface area (Å²) in [6, 6.07) is 13.7. The van der Waals surface area contributed by atoms with Crippen molar-refractivity contribution >= 4 is 17.1 Å². The number of hydrogen-bond acceptors (Lipinski definition) is 2. The second-order valence-corrected chi connectivity index (χ2v) is 3.54. The van der Waals surface area contributed by atoms with Gasteiger partial charge in [0.2, 0.25) is 5.78 Å². The molecule has 0 unspecified atom stereocenters. The SMILES string of the molecule is O=C(c1cc[c]cc1)c1cccs1. The first-order valence-electron chi connectivity index (χ1n) is 3.92. The Hall–Kier alpha value is -1.41. The van der Waals surface area contributed by atoms with Crippen LogP contribution in [0.25, 0.3) is 0 Å². The Labute approximate surface area is 80.7 Å². The van der Waals surface area contributed by atoms with Gasteiger partial charge in [-0.15, -0.1) is 11.3 Å². The zero-order valence-electron chi connectivity index (χ0n) is 6.86. The average Bonchev–Trinajstić information content (AvgIpc) is 2.71. The quantitative estimate of drug-likeness (QED) is 0.661. The third-order valence-electron chi connectivity index (χ3n) is 1.73. The van der Waals surface area contributed by atoms with E-state index in [9.17, 15) is 4.79 Å². The number of carbonyl (C=O) groups is 1. The Morgan fingerprint density at radius 2 is 2.00 bits per heavy atom. The van der Waals surface area contributed by atoms with E-state index >= 15 is 0 Å². The lowest BCUT2D eigenvalue weighted by Crippen LogP contribution is -1.97. The number of benzene rings is 1. The maximum absolute atomic E-state index is 11.7. The Bertz CT molecular complexity index is 389. The molecule has 0 aliphatic heterocycles. The fourth-order valence-corrected chi connectivity index (χ4v) is 1.77. The minimum Gasteiger partial charge on any atom is -0.288 e. The summed E-state index contributed by atoms with van der Waals surface area (Å²) in [5.74, 6) is 0.0870. The van der Waals surface area contributed by atoms with Gasteiger partial charge < -0.3 is 0 Å². The highest BCUT2D eigenvalue weighted by atomic mass is 32.1. The van der Waals surface area contributed by atoms with Crippen molar-refractivity contribution < 1.29 is 4.79 Å². The van der Waals surface area contributed by atoms with Crippen molar-refractivity contribution in [1.82, 2.24) is 0 Å². The summed E-state index contributed by atoms with van der Waals surface area (Å²) in [7, 11) is 0. The zero-order chi connectivity index (χ0) is 9.10. The van der Waals surface area contributed by atoms with Gasteiger partial charge in [-0.2, -0.15) is 0 Å². The molecule has 2 heteroatoms. The summed E-state index contributed by atoms with van der Waals surface area (Å²) >= 11 is 1.47. The maximum atomic E-state index is 11.7. The van der Waals surface area contributed by atoms with Crippen molar-refractivity contribution in [3.63, 3.8) is 0 Å². The molecule has 63 valence electrons. The topological polar surface area (TPSA) is 17.1 Å². The molecule has 1 nitrogen and oxygen atoms in total. The van der Waals surface area contributed by atoms with Gasteiger partial charge >= 0.3 is 0 Å². The van der Waals surface area contributed by atoms with Gasteiger partial charge in [0.05, 0.1) is 4.88 Å². The molecule has 1 aromatic heterocycles. The van der Waals surface area contributed by atoms with Gasteiger partial charge in [0.1, 0.15) is 0 Å². The molecule has 0 amide bonds.